The second-order valence-electron chi connectivity index (χ2n) is 6.35. The molecule has 1 amide bonds. The van der Waals surface area contributed by atoms with E-state index in [0.29, 0.717) is 23.7 Å². The Hall–Kier alpha value is -2.21. The molecule has 1 aliphatic heterocycles. The molecule has 1 aliphatic rings. The van der Waals surface area contributed by atoms with Crippen molar-refractivity contribution in [3.05, 3.63) is 53.9 Å². The molecule has 24 heavy (non-hydrogen) atoms. The van der Waals surface area contributed by atoms with Gasteiger partial charge in [0.1, 0.15) is 17.7 Å². The normalized spacial score (nSPS) is 18.5. The smallest absolute Gasteiger partial charge is 0.220 e. The average Bonchev–Trinajstić information content (AvgIpc) is 3.22. The maximum absolute atomic E-state index is 13.6. The Bertz CT molecular complexity index is 694. The first-order valence-electron chi connectivity index (χ1n) is 8.36. The summed E-state index contributed by atoms with van der Waals surface area (Å²) in [6.45, 7) is 2.02. The van der Waals surface area contributed by atoms with Crippen molar-refractivity contribution in [1.29, 1.82) is 0 Å². The number of nitrogens with zero attached hydrogens (tertiary/aromatic N) is 2. The molecule has 2 N–H and O–H groups in total. The Kier molecular flexibility index (Phi) is 5.25. The van der Waals surface area contributed by atoms with Gasteiger partial charge in [-0.1, -0.05) is 12.1 Å². The molecule has 1 aromatic heterocycles. The summed E-state index contributed by atoms with van der Waals surface area (Å²) in [5, 5.41) is 6.33. The van der Waals surface area contributed by atoms with E-state index < -0.39 is 6.04 Å². The lowest BCUT2D eigenvalue weighted by Crippen LogP contribution is -2.31. The largest absolute Gasteiger partial charge is 0.342 e. The molecule has 0 aliphatic carbocycles. The van der Waals surface area contributed by atoms with Gasteiger partial charge in [-0.3, -0.25) is 4.79 Å². The molecule has 5 nitrogen and oxygen atoms in total. The van der Waals surface area contributed by atoms with Gasteiger partial charge in [0, 0.05) is 25.9 Å². The maximum Gasteiger partial charge on any atom is 0.220 e. The highest BCUT2D eigenvalue weighted by atomic mass is 19.1. The quantitative estimate of drug-likeness (QED) is 0.853. The Morgan fingerprint density at radius 2 is 2.42 bits per heavy atom. The summed E-state index contributed by atoms with van der Waals surface area (Å²) in [7, 11) is 1.87. The number of hydrogen-bond acceptors (Lipinski definition) is 3. The fraction of sp³-hybridized carbons (Fsp3) is 0.444. The van der Waals surface area contributed by atoms with Crippen molar-refractivity contribution in [2.75, 3.05) is 13.1 Å². The second kappa shape index (κ2) is 7.57. The molecule has 128 valence electrons. The number of carbonyl (C=O) groups is 1. The Morgan fingerprint density at radius 3 is 3.08 bits per heavy atom. The van der Waals surface area contributed by atoms with Gasteiger partial charge >= 0.3 is 0 Å². The van der Waals surface area contributed by atoms with Crippen LogP contribution in [0.2, 0.25) is 0 Å². The summed E-state index contributed by atoms with van der Waals surface area (Å²) in [6.07, 6.45) is 5.97. The summed E-state index contributed by atoms with van der Waals surface area (Å²) in [5.74, 6) is 0.908. The molecule has 6 heteroatoms. The molecule has 0 saturated carbocycles. The molecule has 0 spiro atoms. The first kappa shape index (κ1) is 16.6. The minimum Gasteiger partial charge on any atom is -0.342 e. The van der Waals surface area contributed by atoms with Gasteiger partial charge < -0.3 is 15.2 Å². The summed E-state index contributed by atoms with van der Waals surface area (Å²) >= 11 is 0. The number of hydrogen-bond donors (Lipinski definition) is 2. The zero-order valence-corrected chi connectivity index (χ0v) is 13.8. The van der Waals surface area contributed by atoms with Crippen LogP contribution in [0.15, 0.2) is 36.7 Å². The molecule has 1 saturated heterocycles. The molecule has 0 radical (unpaired) electrons. The predicted octanol–water partition coefficient (Wildman–Crippen LogP) is 2.15. The number of halogens is 1. The van der Waals surface area contributed by atoms with Gasteiger partial charge in [0.2, 0.25) is 5.91 Å². The lowest BCUT2D eigenvalue weighted by atomic mass is 10.0. The number of benzene rings is 1. The van der Waals surface area contributed by atoms with Crippen molar-refractivity contribution >= 4 is 5.91 Å². The van der Waals surface area contributed by atoms with Crippen molar-refractivity contribution < 1.29 is 9.18 Å². The van der Waals surface area contributed by atoms with Gasteiger partial charge in [-0.15, -0.1) is 0 Å². The number of rotatable bonds is 6. The maximum atomic E-state index is 13.6. The van der Waals surface area contributed by atoms with Crippen molar-refractivity contribution in [3.63, 3.8) is 0 Å². The SMILES string of the molecule is Cn1ccnc1C(NC(=O)CCC1CCNC1)c1cccc(F)c1. The zero-order valence-electron chi connectivity index (χ0n) is 13.8. The Balaban J connectivity index is 1.72. The van der Waals surface area contributed by atoms with Crippen LogP contribution in [0.3, 0.4) is 0 Å². The molecule has 1 aromatic carbocycles. The van der Waals surface area contributed by atoms with Gasteiger partial charge in [-0.25, -0.2) is 9.37 Å². The van der Waals surface area contributed by atoms with Crippen LogP contribution >= 0.6 is 0 Å². The van der Waals surface area contributed by atoms with Gasteiger partial charge in [-0.2, -0.15) is 0 Å². The third kappa shape index (κ3) is 4.00. The number of amides is 1. The van der Waals surface area contributed by atoms with Crippen LogP contribution in [0.25, 0.3) is 0 Å². The number of nitrogens with one attached hydrogen (secondary N) is 2. The molecule has 2 aromatic rings. The molecular formula is C18H23FN4O. The highest BCUT2D eigenvalue weighted by Gasteiger charge is 2.22. The number of aromatic nitrogens is 2. The van der Waals surface area contributed by atoms with Crippen LogP contribution in [0.4, 0.5) is 4.39 Å². The lowest BCUT2D eigenvalue weighted by Gasteiger charge is -2.20. The molecular weight excluding hydrogens is 307 g/mol. The fourth-order valence-corrected chi connectivity index (χ4v) is 3.17. The van der Waals surface area contributed by atoms with Crippen LogP contribution in [-0.4, -0.2) is 28.5 Å². The van der Waals surface area contributed by atoms with Crippen molar-refractivity contribution in [2.24, 2.45) is 13.0 Å². The number of aryl methyl sites for hydroxylation is 1. The van der Waals surface area contributed by atoms with E-state index in [9.17, 15) is 9.18 Å². The minimum atomic E-state index is -0.449. The molecule has 1 fully saturated rings. The minimum absolute atomic E-state index is 0.0286. The molecule has 2 unspecified atom stereocenters. The van der Waals surface area contributed by atoms with Crippen LogP contribution < -0.4 is 10.6 Å². The summed E-state index contributed by atoms with van der Waals surface area (Å²) in [4.78, 5) is 16.7. The monoisotopic (exact) mass is 330 g/mol. The predicted molar refractivity (Wildman–Crippen MR) is 89.8 cm³/mol. The van der Waals surface area contributed by atoms with E-state index in [4.69, 9.17) is 0 Å². The Morgan fingerprint density at radius 1 is 1.54 bits per heavy atom. The fourth-order valence-electron chi connectivity index (χ4n) is 3.17. The molecule has 2 heterocycles. The van der Waals surface area contributed by atoms with E-state index in [-0.39, 0.29) is 11.7 Å². The van der Waals surface area contributed by atoms with Crippen LogP contribution in [0, 0.1) is 11.7 Å². The van der Waals surface area contributed by atoms with Crippen LogP contribution in [-0.2, 0) is 11.8 Å². The first-order valence-corrected chi connectivity index (χ1v) is 8.36. The molecule has 2 atom stereocenters. The van der Waals surface area contributed by atoms with E-state index in [1.807, 2.05) is 23.9 Å². The third-order valence-corrected chi connectivity index (χ3v) is 4.55. The van der Waals surface area contributed by atoms with E-state index in [1.165, 1.54) is 12.1 Å². The van der Waals surface area contributed by atoms with Gasteiger partial charge in [0.15, 0.2) is 0 Å². The summed E-state index contributed by atoms with van der Waals surface area (Å²) < 4.78 is 15.5. The Labute approximate surface area is 141 Å². The number of imidazole rings is 1. The van der Waals surface area contributed by atoms with E-state index in [2.05, 4.69) is 15.6 Å². The summed E-state index contributed by atoms with van der Waals surface area (Å²) in [6, 6.07) is 5.85. The van der Waals surface area contributed by atoms with E-state index in [0.717, 1.165) is 25.9 Å². The highest BCUT2D eigenvalue weighted by molar-refractivity contribution is 5.76. The van der Waals surface area contributed by atoms with Gasteiger partial charge in [-0.05, 0) is 49.5 Å². The van der Waals surface area contributed by atoms with Crippen molar-refractivity contribution in [3.8, 4) is 0 Å². The van der Waals surface area contributed by atoms with Crippen LogP contribution in [0.5, 0.6) is 0 Å². The average molecular weight is 330 g/mol. The highest BCUT2D eigenvalue weighted by Crippen LogP contribution is 2.22. The van der Waals surface area contributed by atoms with Crippen molar-refractivity contribution in [1.82, 2.24) is 20.2 Å². The molecule has 3 rings (SSSR count). The van der Waals surface area contributed by atoms with E-state index >= 15 is 0 Å². The van der Waals surface area contributed by atoms with Crippen molar-refractivity contribution in [2.45, 2.75) is 25.3 Å². The third-order valence-electron chi connectivity index (χ3n) is 4.55. The van der Waals surface area contributed by atoms with Crippen LogP contribution in [0.1, 0.15) is 36.7 Å². The topological polar surface area (TPSA) is 59.0 Å². The first-order chi connectivity index (χ1) is 11.6. The summed E-state index contributed by atoms with van der Waals surface area (Å²) in [5.41, 5.74) is 0.695. The van der Waals surface area contributed by atoms with Gasteiger partial charge in [0.05, 0.1) is 0 Å². The van der Waals surface area contributed by atoms with E-state index in [1.54, 1.807) is 12.3 Å². The lowest BCUT2D eigenvalue weighted by molar-refractivity contribution is -0.121. The van der Waals surface area contributed by atoms with Gasteiger partial charge in [0.25, 0.3) is 0 Å². The zero-order chi connectivity index (χ0) is 16.9. The number of carbonyl (C=O) groups excluding carboxylic acids is 1. The standard InChI is InChI=1S/C18H23FN4O/c1-23-10-9-21-18(23)17(14-3-2-4-15(19)11-14)22-16(24)6-5-13-7-8-20-12-13/h2-4,9-11,13,17,20H,5-8,12H2,1H3,(H,22,24). The molecule has 0 bridgehead atoms. The second-order valence-corrected chi connectivity index (χ2v) is 6.35.